The number of likely N-dealkylation sites (tertiary alicyclic amines) is 1. The van der Waals surface area contributed by atoms with Crippen molar-refractivity contribution in [2.45, 2.75) is 18.9 Å². The largest absolute Gasteiger partial charge is 0.305 e. The maximum atomic E-state index is 11.2. The zero-order valence-electron chi connectivity index (χ0n) is 8.52. The van der Waals surface area contributed by atoms with E-state index in [4.69, 9.17) is 0 Å². The summed E-state index contributed by atoms with van der Waals surface area (Å²) in [7, 11) is 0.677. The Labute approximate surface area is 80.6 Å². The summed E-state index contributed by atoms with van der Waals surface area (Å²) in [5.74, 6) is 0. The summed E-state index contributed by atoms with van der Waals surface area (Å²) in [6.45, 7) is 1.93. The molecule has 1 unspecified atom stereocenters. The number of hydrogen-bond donors (Lipinski definition) is 0. The summed E-state index contributed by atoms with van der Waals surface area (Å²) >= 11 is 0. The van der Waals surface area contributed by atoms with Gasteiger partial charge in [-0.15, -0.1) is 0 Å². The Balaban J connectivity index is 2.61. The average Bonchev–Trinajstić information content (AvgIpc) is 2.01. The molecule has 1 aliphatic rings. The van der Waals surface area contributed by atoms with E-state index in [1.165, 1.54) is 10.6 Å². The highest BCUT2D eigenvalue weighted by Crippen LogP contribution is 2.15. The lowest BCUT2D eigenvalue weighted by molar-refractivity contribution is 0.188. The lowest BCUT2D eigenvalue weighted by Crippen LogP contribution is -2.46. The van der Waals surface area contributed by atoms with Gasteiger partial charge < -0.3 is 4.90 Å². The van der Waals surface area contributed by atoms with Crippen molar-refractivity contribution in [3.05, 3.63) is 0 Å². The molecule has 4 nitrogen and oxygen atoms in total. The molecule has 0 saturated carbocycles. The number of hydrogen-bond acceptors (Lipinski definition) is 3. The number of piperidine rings is 1. The molecule has 0 radical (unpaired) electrons. The second-order valence-corrected chi connectivity index (χ2v) is 5.88. The predicted molar refractivity (Wildman–Crippen MR) is 53.1 cm³/mol. The van der Waals surface area contributed by atoms with E-state index in [1.54, 1.807) is 7.05 Å². The van der Waals surface area contributed by atoms with Crippen molar-refractivity contribution >= 4 is 10.0 Å². The van der Waals surface area contributed by atoms with Gasteiger partial charge in [-0.3, -0.25) is 0 Å². The van der Waals surface area contributed by atoms with Gasteiger partial charge in [0.05, 0.1) is 6.26 Å². The van der Waals surface area contributed by atoms with Crippen molar-refractivity contribution in [3.63, 3.8) is 0 Å². The van der Waals surface area contributed by atoms with Gasteiger partial charge in [0.15, 0.2) is 0 Å². The molecule has 78 valence electrons. The number of nitrogens with zero attached hydrogens (tertiary/aromatic N) is 2. The first-order valence-corrected chi connectivity index (χ1v) is 6.37. The van der Waals surface area contributed by atoms with Gasteiger partial charge >= 0.3 is 0 Å². The summed E-state index contributed by atoms with van der Waals surface area (Å²) in [6, 6.07) is 0.161. The smallest absolute Gasteiger partial charge is 0.211 e. The van der Waals surface area contributed by atoms with Crippen LogP contribution in [0.4, 0.5) is 0 Å². The molecular weight excluding hydrogens is 188 g/mol. The van der Waals surface area contributed by atoms with Crippen molar-refractivity contribution in [1.82, 2.24) is 9.21 Å². The fraction of sp³-hybridized carbons (Fsp3) is 1.00. The summed E-state index contributed by atoms with van der Waals surface area (Å²) in [4.78, 5) is 2.18. The van der Waals surface area contributed by atoms with Crippen molar-refractivity contribution in [3.8, 4) is 0 Å². The molecule has 0 aliphatic carbocycles. The third-order valence-corrected chi connectivity index (χ3v) is 3.98. The highest BCUT2D eigenvalue weighted by Gasteiger charge is 2.26. The molecule has 5 heteroatoms. The van der Waals surface area contributed by atoms with E-state index in [-0.39, 0.29) is 6.04 Å². The maximum Gasteiger partial charge on any atom is 0.211 e. The SMILES string of the molecule is CN1CCCC(N(C)S(C)(=O)=O)C1. The van der Waals surface area contributed by atoms with Crippen LogP contribution in [-0.2, 0) is 10.0 Å². The van der Waals surface area contributed by atoms with Gasteiger partial charge in [0.2, 0.25) is 10.0 Å². The zero-order valence-corrected chi connectivity index (χ0v) is 9.34. The quantitative estimate of drug-likeness (QED) is 0.637. The van der Waals surface area contributed by atoms with Gasteiger partial charge in [-0.25, -0.2) is 12.7 Å². The molecule has 0 aromatic rings. The van der Waals surface area contributed by atoms with E-state index in [0.29, 0.717) is 0 Å². The first-order chi connectivity index (χ1) is 5.91. The standard InChI is InChI=1S/C8H18N2O2S/c1-9-6-4-5-8(7-9)10(2)13(3,11)12/h8H,4-7H2,1-3H3. The summed E-state index contributed by atoms with van der Waals surface area (Å²) < 4.78 is 24.0. The minimum Gasteiger partial charge on any atom is -0.305 e. The van der Waals surface area contributed by atoms with Gasteiger partial charge in [-0.05, 0) is 26.4 Å². The number of likely N-dealkylation sites (N-methyl/N-ethyl adjacent to an activating group) is 2. The molecule has 0 aromatic heterocycles. The van der Waals surface area contributed by atoms with Crippen LogP contribution >= 0.6 is 0 Å². The van der Waals surface area contributed by atoms with Crippen LogP contribution in [0.15, 0.2) is 0 Å². The fourth-order valence-electron chi connectivity index (χ4n) is 1.71. The van der Waals surface area contributed by atoms with Gasteiger partial charge in [0.25, 0.3) is 0 Å². The van der Waals surface area contributed by atoms with Gasteiger partial charge in [-0.1, -0.05) is 0 Å². The molecule has 0 bridgehead atoms. The maximum absolute atomic E-state index is 11.2. The van der Waals surface area contributed by atoms with E-state index in [1.807, 2.05) is 7.05 Å². The Kier molecular flexibility index (Phi) is 3.32. The second-order valence-electron chi connectivity index (χ2n) is 3.84. The minimum atomic E-state index is -3.02. The van der Waals surface area contributed by atoms with E-state index in [0.717, 1.165) is 25.9 Å². The van der Waals surface area contributed by atoms with E-state index in [9.17, 15) is 8.42 Å². The molecular formula is C8H18N2O2S. The normalized spacial score (nSPS) is 26.6. The molecule has 0 N–H and O–H groups in total. The third kappa shape index (κ3) is 2.93. The topological polar surface area (TPSA) is 40.6 Å². The lowest BCUT2D eigenvalue weighted by Gasteiger charge is -2.34. The Morgan fingerprint density at radius 1 is 1.46 bits per heavy atom. The second kappa shape index (κ2) is 3.94. The first-order valence-electron chi connectivity index (χ1n) is 4.53. The Hall–Kier alpha value is -0.130. The van der Waals surface area contributed by atoms with Gasteiger partial charge in [-0.2, -0.15) is 0 Å². The number of rotatable bonds is 2. The molecule has 1 aliphatic heterocycles. The predicted octanol–water partition coefficient (Wildman–Crippen LogP) is -0.0280. The molecule has 1 heterocycles. The summed E-state index contributed by atoms with van der Waals surface area (Å²) in [5.41, 5.74) is 0. The Morgan fingerprint density at radius 3 is 2.54 bits per heavy atom. The molecule has 0 aromatic carbocycles. The van der Waals surface area contributed by atoms with Crippen LogP contribution in [0.2, 0.25) is 0 Å². The van der Waals surface area contributed by atoms with Crippen LogP contribution in [0.5, 0.6) is 0 Å². The van der Waals surface area contributed by atoms with E-state index >= 15 is 0 Å². The van der Waals surface area contributed by atoms with Crippen LogP contribution in [0.1, 0.15) is 12.8 Å². The van der Waals surface area contributed by atoms with Crippen molar-refractivity contribution in [1.29, 1.82) is 0 Å². The van der Waals surface area contributed by atoms with Crippen molar-refractivity contribution in [2.75, 3.05) is 33.4 Å². The van der Waals surface area contributed by atoms with E-state index in [2.05, 4.69) is 4.90 Å². The lowest BCUT2D eigenvalue weighted by atomic mass is 10.1. The monoisotopic (exact) mass is 206 g/mol. The Bertz CT molecular complexity index is 263. The molecule has 13 heavy (non-hydrogen) atoms. The molecule has 1 rings (SSSR count). The summed E-state index contributed by atoms with van der Waals surface area (Å²) in [6.07, 6.45) is 3.33. The first kappa shape index (κ1) is 10.9. The third-order valence-electron chi connectivity index (χ3n) is 2.64. The summed E-state index contributed by atoms with van der Waals surface area (Å²) in [5, 5.41) is 0. The van der Waals surface area contributed by atoms with Gasteiger partial charge in [0, 0.05) is 19.6 Å². The number of sulfonamides is 1. The van der Waals surface area contributed by atoms with Gasteiger partial charge in [0.1, 0.15) is 0 Å². The highest BCUT2D eigenvalue weighted by atomic mass is 32.2. The minimum absolute atomic E-state index is 0.161. The van der Waals surface area contributed by atoms with Crippen LogP contribution in [-0.4, -0.2) is 57.1 Å². The molecule has 0 spiro atoms. The van der Waals surface area contributed by atoms with Crippen molar-refractivity contribution in [2.24, 2.45) is 0 Å². The molecule has 1 atom stereocenters. The molecule has 1 saturated heterocycles. The van der Waals surface area contributed by atoms with Crippen LogP contribution in [0.3, 0.4) is 0 Å². The van der Waals surface area contributed by atoms with Crippen LogP contribution < -0.4 is 0 Å². The Morgan fingerprint density at radius 2 is 2.08 bits per heavy atom. The molecule has 0 amide bonds. The van der Waals surface area contributed by atoms with Crippen LogP contribution in [0, 0.1) is 0 Å². The molecule has 1 fully saturated rings. The van der Waals surface area contributed by atoms with Crippen LogP contribution in [0.25, 0.3) is 0 Å². The highest BCUT2D eigenvalue weighted by molar-refractivity contribution is 7.88. The zero-order chi connectivity index (χ0) is 10.1. The van der Waals surface area contributed by atoms with E-state index < -0.39 is 10.0 Å². The fourth-order valence-corrected chi connectivity index (χ4v) is 2.42. The average molecular weight is 206 g/mol. The van der Waals surface area contributed by atoms with Crippen molar-refractivity contribution < 1.29 is 8.42 Å².